The molecule has 1 heterocycles. The van der Waals surface area contributed by atoms with E-state index in [4.69, 9.17) is 4.74 Å². The number of nitrogens with zero attached hydrogens (tertiary/aromatic N) is 1. The van der Waals surface area contributed by atoms with Crippen molar-refractivity contribution in [2.24, 2.45) is 0 Å². The van der Waals surface area contributed by atoms with Gasteiger partial charge < -0.3 is 10.1 Å². The number of aryl methyl sites for hydroxylation is 2. The van der Waals surface area contributed by atoms with Gasteiger partial charge in [0.2, 0.25) is 0 Å². The van der Waals surface area contributed by atoms with Crippen LogP contribution in [-0.2, 0) is 4.74 Å². The maximum Gasteiger partial charge on any atom is 0.272 e. The Kier molecular flexibility index (Phi) is 5.17. The van der Waals surface area contributed by atoms with Gasteiger partial charge in [-0.05, 0) is 44.7 Å². The topological polar surface area (TPSA) is 64.4 Å². The summed E-state index contributed by atoms with van der Waals surface area (Å²) in [5.41, 5.74) is 2.81. The third-order valence-corrected chi connectivity index (χ3v) is 4.08. The van der Waals surface area contributed by atoms with E-state index in [2.05, 4.69) is 12.2 Å². The first-order chi connectivity index (χ1) is 10.0. The second-order valence-electron chi connectivity index (χ2n) is 5.86. The van der Waals surface area contributed by atoms with Crippen LogP contribution in [0.4, 0.5) is 11.4 Å². The molecule has 1 saturated heterocycles. The van der Waals surface area contributed by atoms with Gasteiger partial charge in [0.05, 0.1) is 11.0 Å². The summed E-state index contributed by atoms with van der Waals surface area (Å²) < 4.78 is 5.76. The number of hydrogen-bond donors (Lipinski definition) is 1. The monoisotopic (exact) mass is 292 g/mol. The van der Waals surface area contributed by atoms with E-state index in [1.165, 1.54) is 0 Å². The SMILES string of the molecule is CCCC1CC(Nc2cc(C)c([N+](=O)[O-])cc2C)CCO1. The lowest BCUT2D eigenvalue weighted by atomic mass is 9.99. The zero-order valence-corrected chi connectivity index (χ0v) is 13.0. The molecule has 2 atom stereocenters. The van der Waals surface area contributed by atoms with E-state index in [9.17, 15) is 10.1 Å². The van der Waals surface area contributed by atoms with Crippen molar-refractivity contribution >= 4 is 11.4 Å². The van der Waals surface area contributed by atoms with Crippen LogP contribution in [0.5, 0.6) is 0 Å². The molecule has 5 nitrogen and oxygen atoms in total. The maximum absolute atomic E-state index is 11.0. The average Bonchev–Trinajstić information content (AvgIpc) is 2.43. The van der Waals surface area contributed by atoms with E-state index in [1.54, 1.807) is 13.0 Å². The number of nitro benzene ring substituents is 1. The summed E-state index contributed by atoms with van der Waals surface area (Å²) in [6.07, 6.45) is 4.54. The maximum atomic E-state index is 11.0. The van der Waals surface area contributed by atoms with Gasteiger partial charge in [-0.2, -0.15) is 0 Å². The fraction of sp³-hybridized carbons (Fsp3) is 0.625. The molecule has 0 bridgehead atoms. The number of nitro groups is 1. The van der Waals surface area contributed by atoms with E-state index in [0.717, 1.165) is 43.5 Å². The minimum atomic E-state index is -0.322. The molecule has 1 fully saturated rings. The van der Waals surface area contributed by atoms with Crippen LogP contribution in [0, 0.1) is 24.0 Å². The van der Waals surface area contributed by atoms with Gasteiger partial charge in [0.15, 0.2) is 0 Å². The molecule has 2 rings (SSSR count). The van der Waals surface area contributed by atoms with Gasteiger partial charge in [0.1, 0.15) is 0 Å². The van der Waals surface area contributed by atoms with Crippen molar-refractivity contribution in [2.75, 3.05) is 11.9 Å². The number of anilines is 1. The molecule has 1 aromatic rings. The molecule has 116 valence electrons. The molecule has 1 N–H and O–H groups in total. The lowest BCUT2D eigenvalue weighted by Crippen LogP contribution is -2.34. The van der Waals surface area contributed by atoms with Crippen LogP contribution in [-0.4, -0.2) is 23.7 Å². The second kappa shape index (κ2) is 6.89. The predicted octanol–water partition coefficient (Wildman–Crippen LogP) is 3.97. The molecule has 5 heteroatoms. The van der Waals surface area contributed by atoms with E-state index in [0.29, 0.717) is 17.7 Å². The van der Waals surface area contributed by atoms with Gasteiger partial charge in [-0.15, -0.1) is 0 Å². The van der Waals surface area contributed by atoms with Crippen LogP contribution in [0.15, 0.2) is 12.1 Å². The van der Waals surface area contributed by atoms with Gasteiger partial charge in [-0.1, -0.05) is 13.3 Å². The van der Waals surface area contributed by atoms with Crippen molar-refractivity contribution < 1.29 is 9.66 Å². The Hall–Kier alpha value is -1.62. The molecule has 0 spiro atoms. The number of benzene rings is 1. The Morgan fingerprint density at radius 2 is 2.14 bits per heavy atom. The van der Waals surface area contributed by atoms with Crippen molar-refractivity contribution in [3.63, 3.8) is 0 Å². The van der Waals surface area contributed by atoms with E-state index in [1.807, 2.05) is 13.0 Å². The minimum absolute atomic E-state index is 0.189. The molecule has 21 heavy (non-hydrogen) atoms. The third-order valence-electron chi connectivity index (χ3n) is 4.08. The Balaban J connectivity index is 2.09. The molecule has 0 aromatic heterocycles. The quantitative estimate of drug-likeness (QED) is 0.658. The van der Waals surface area contributed by atoms with Crippen molar-refractivity contribution in [2.45, 2.75) is 58.6 Å². The van der Waals surface area contributed by atoms with Crippen molar-refractivity contribution in [1.29, 1.82) is 0 Å². The Morgan fingerprint density at radius 3 is 2.81 bits per heavy atom. The zero-order chi connectivity index (χ0) is 15.4. The highest BCUT2D eigenvalue weighted by Crippen LogP contribution is 2.28. The number of hydrogen-bond acceptors (Lipinski definition) is 4. The summed E-state index contributed by atoms with van der Waals surface area (Å²) in [5, 5.41) is 14.5. The minimum Gasteiger partial charge on any atom is -0.382 e. The molecule has 0 radical (unpaired) electrons. The smallest absolute Gasteiger partial charge is 0.272 e. The largest absolute Gasteiger partial charge is 0.382 e. The van der Waals surface area contributed by atoms with Gasteiger partial charge in [-0.3, -0.25) is 10.1 Å². The first-order valence-electron chi connectivity index (χ1n) is 7.65. The van der Waals surface area contributed by atoms with Gasteiger partial charge in [-0.25, -0.2) is 0 Å². The molecule has 1 aliphatic rings. The normalized spacial score (nSPS) is 22.0. The molecule has 1 aliphatic heterocycles. The van der Waals surface area contributed by atoms with E-state index in [-0.39, 0.29) is 10.6 Å². The van der Waals surface area contributed by atoms with E-state index < -0.39 is 0 Å². The average molecular weight is 292 g/mol. The number of nitrogens with one attached hydrogen (secondary N) is 1. The van der Waals surface area contributed by atoms with Gasteiger partial charge >= 0.3 is 0 Å². The summed E-state index contributed by atoms with van der Waals surface area (Å²) in [5.74, 6) is 0. The standard InChI is InChI=1S/C16H24N2O3/c1-4-5-14-10-13(6-7-21-14)17-15-8-12(3)16(18(19)20)9-11(15)2/h8-9,13-14,17H,4-7,10H2,1-3H3. The molecule has 2 unspecified atom stereocenters. The number of ether oxygens (including phenoxy) is 1. The summed E-state index contributed by atoms with van der Waals surface area (Å²) >= 11 is 0. The first kappa shape index (κ1) is 15.8. The predicted molar refractivity (Wildman–Crippen MR) is 83.9 cm³/mol. The van der Waals surface area contributed by atoms with E-state index >= 15 is 0 Å². The lowest BCUT2D eigenvalue weighted by Gasteiger charge is -2.31. The highest BCUT2D eigenvalue weighted by Gasteiger charge is 2.23. The van der Waals surface area contributed by atoms with Crippen LogP contribution in [0.1, 0.15) is 43.7 Å². The Labute approximate surface area is 125 Å². The summed E-state index contributed by atoms with van der Waals surface area (Å²) in [6.45, 7) is 6.65. The molecule has 0 aliphatic carbocycles. The van der Waals surface area contributed by atoms with Crippen molar-refractivity contribution in [3.8, 4) is 0 Å². The summed E-state index contributed by atoms with van der Waals surface area (Å²) in [4.78, 5) is 10.6. The van der Waals surface area contributed by atoms with Crippen LogP contribution in [0.2, 0.25) is 0 Å². The highest BCUT2D eigenvalue weighted by molar-refractivity contribution is 5.59. The van der Waals surface area contributed by atoms with Crippen LogP contribution < -0.4 is 5.32 Å². The van der Waals surface area contributed by atoms with Crippen LogP contribution >= 0.6 is 0 Å². The number of rotatable bonds is 5. The van der Waals surface area contributed by atoms with Crippen LogP contribution in [0.25, 0.3) is 0 Å². The highest BCUT2D eigenvalue weighted by atomic mass is 16.6. The fourth-order valence-corrected chi connectivity index (χ4v) is 2.91. The van der Waals surface area contributed by atoms with Crippen molar-refractivity contribution in [1.82, 2.24) is 0 Å². The second-order valence-corrected chi connectivity index (χ2v) is 5.86. The van der Waals surface area contributed by atoms with Gasteiger partial charge in [0.25, 0.3) is 5.69 Å². The summed E-state index contributed by atoms with van der Waals surface area (Å²) in [7, 11) is 0. The first-order valence-corrected chi connectivity index (χ1v) is 7.65. The molecule has 0 saturated carbocycles. The van der Waals surface area contributed by atoms with Crippen molar-refractivity contribution in [3.05, 3.63) is 33.4 Å². The third kappa shape index (κ3) is 3.94. The molecule has 1 aromatic carbocycles. The van der Waals surface area contributed by atoms with Gasteiger partial charge in [0, 0.05) is 30.0 Å². The molecular weight excluding hydrogens is 268 g/mol. The lowest BCUT2D eigenvalue weighted by molar-refractivity contribution is -0.385. The fourth-order valence-electron chi connectivity index (χ4n) is 2.91. The molecular formula is C16H24N2O3. The zero-order valence-electron chi connectivity index (χ0n) is 13.0. The van der Waals surface area contributed by atoms with Crippen LogP contribution in [0.3, 0.4) is 0 Å². The Morgan fingerprint density at radius 1 is 1.38 bits per heavy atom. The molecule has 0 amide bonds. The Bertz CT molecular complexity index is 514. The summed E-state index contributed by atoms with van der Waals surface area (Å²) in [6, 6.07) is 3.92.